The molecule has 0 spiro atoms. The molecular formula is C13H18Cl2N2O2. The Morgan fingerprint density at radius 2 is 2.00 bits per heavy atom. The average Bonchev–Trinajstić information content (AvgIpc) is 2.38. The molecule has 0 saturated carbocycles. The topological polar surface area (TPSA) is 64.4 Å². The zero-order valence-corrected chi connectivity index (χ0v) is 12.1. The molecule has 0 radical (unpaired) electrons. The fourth-order valence-corrected chi connectivity index (χ4v) is 2.16. The second kappa shape index (κ2) is 7.10. The summed E-state index contributed by atoms with van der Waals surface area (Å²) in [4.78, 5) is 12.1. The molecule has 0 aliphatic carbocycles. The van der Waals surface area contributed by atoms with E-state index in [1.165, 1.54) is 0 Å². The molecule has 2 rings (SSSR count). The van der Waals surface area contributed by atoms with Gasteiger partial charge in [0.1, 0.15) is 0 Å². The summed E-state index contributed by atoms with van der Waals surface area (Å²) >= 11 is 6.03. The van der Waals surface area contributed by atoms with Crippen LogP contribution in [0.2, 0.25) is 5.02 Å². The predicted octanol–water partition coefficient (Wildman–Crippen LogP) is 1.89. The van der Waals surface area contributed by atoms with Gasteiger partial charge in [-0.2, -0.15) is 0 Å². The van der Waals surface area contributed by atoms with Crippen LogP contribution >= 0.6 is 24.0 Å². The zero-order valence-electron chi connectivity index (χ0n) is 10.5. The van der Waals surface area contributed by atoms with E-state index in [-0.39, 0.29) is 18.3 Å². The lowest BCUT2D eigenvalue weighted by Gasteiger charge is -2.31. The van der Waals surface area contributed by atoms with Crippen molar-refractivity contribution in [2.24, 2.45) is 5.73 Å². The van der Waals surface area contributed by atoms with E-state index >= 15 is 0 Å². The lowest BCUT2D eigenvalue weighted by molar-refractivity contribution is -0.129. The SMILES string of the molecule is Cl.NC1(C(=O)NCc2ccccc2Cl)CCOCC1. The Balaban J connectivity index is 0.00000180. The third kappa shape index (κ3) is 4.08. The highest BCUT2D eigenvalue weighted by Gasteiger charge is 2.35. The average molecular weight is 305 g/mol. The fraction of sp³-hybridized carbons (Fsp3) is 0.462. The van der Waals surface area contributed by atoms with E-state index in [1.807, 2.05) is 18.2 Å². The van der Waals surface area contributed by atoms with Crippen LogP contribution in [-0.2, 0) is 16.1 Å². The summed E-state index contributed by atoms with van der Waals surface area (Å²) in [6.45, 7) is 1.48. The molecule has 6 heteroatoms. The van der Waals surface area contributed by atoms with E-state index in [0.29, 0.717) is 37.6 Å². The summed E-state index contributed by atoms with van der Waals surface area (Å²) in [6, 6.07) is 7.43. The van der Waals surface area contributed by atoms with Gasteiger partial charge in [0.15, 0.2) is 0 Å². The number of nitrogens with one attached hydrogen (secondary N) is 1. The Bertz CT molecular complexity index is 434. The van der Waals surface area contributed by atoms with Crippen LogP contribution in [0.25, 0.3) is 0 Å². The fourth-order valence-electron chi connectivity index (χ4n) is 1.96. The van der Waals surface area contributed by atoms with Gasteiger partial charge >= 0.3 is 0 Å². The first-order valence-electron chi connectivity index (χ1n) is 6.00. The number of rotatable bonds is 3. The second-order valence-electron chi connectivity index (χ2n) is 4.54. The summed E-state index contributed by atoms with van der Waals surface area (Å²) in [7, 11) is 0. The van der Waals surface area contributed by atoms with Crippen molar-refractivity contribution in [3.63, 3.8) is 0 Å². The molecule has 0 bridgehead atoms. The normalized spacial score (nSPS) is 17.4. The number of amides is 1. The van der Waals surface area contributed by atoms with Crippen molar-refractivity contribution in [1.29, 1.82) is 0 Å². The van der Waals surface area contributed by atoms with Gasteiger partial charge in [0, 0.05) is 24.8 Å². The van der Waals surface area contributed by atoms with Gasteiger partial charge in [-0.1, -0.05) is 29.8 Å². The maximum absolute atomic E-state index is 12.1. The minimum absolute atomic E-state index is 0. The Kier molecular flexibility index (Phi) is 6.07. The minimum Gasteiger partial charge on any atom is -0.381 e. The third-order valence-electron chi connectivity index (χ3n) is 3.23. The summed E-state index contributed by atoms with van der Waals surface area (Å²) in [5, 5.41) is 3.49. The molecule has 1 amide bonds. The van der Waals surface area contributed by atoms with Gasteiger partial charge in [-0.25, -0.2) is 0 Å². The molecule has 0 aromatic heterocycles. The van der Waals surface area contributed by atoms with Gasteiger partial charge in [-0.3, -0.25) is 4.79 Å². The monoisotopic (exact) mass is 304 g/mol. The Morgan fingerprint density at radius 3 is 2.63 bits per heavy atom. The van der Waals surface area contributed by atoms with Gasteiger partial charge in [0.05, 0.1) is 5.54 Å². The molecule has 106 valence electrons. The van der Waals surface area contributed by atoms with Crippen LogP contribution in [0.15, 0.2) is 24.3 Å². The number of hydrogen-bond acceptors (Lipinski definition) is 3. The van der Waals surface area contributed by atoms with Crippen LogP contribution in [0.1, 0.15) is 18.4 Å². The van der Waals surface area contributed by atoms with Crippen molar-refractivity contribution in [2.45, 2.75) is 24.9 Å². The van der Waals surface area contributed by atoms with E-state index in [9.17, 15) is 4.79 Å². The number of hydrogen-bond donors (Lipinski definition) is 2. The van der Waals surface area contributed by atoms with Crippen LogP contribution in [0.3, 0.4) is 0 Å². The molecule has 4 nitrogen and oxygen atoms in total. The Hall–Kier alpha value is -0.810. The van der Waals surface area contributed by atoms with Crippen LogP contribution in [0.5, 0.6) is 0 Å². The quantitative estimate of drug-likeness (QED) is 0.896. The van der Waals surface area contributed by atoms with Gasteiger partial charge in [-0.15, -0.1) is 12.4 Å². The zero-order chi connectivity index (χ0) is 13.0. The first kappa shape index (κ1) is 16.2. The predicted molar refractivity (Wildman–Crippen MR) is 77.5 cm³/mol. The van der Waals surface area contributed by atoms with E-state index in [1.54, 1.807) is 6.07 Å². The molecule has 1 aromatic rings. The number of nitrogens with two attached hydrogens (primary N) is 1. The van der Waals surface area contributed by atoms with Crippen LogP contribution in [0.4, 0.5) is 0 Å². The molecule has 1 aromatic carbocycles. The number of ether oxygens (including phenoxy) is 1. The number of halogens is 2. The van der Waals surface area contributed by atoms with Crippen LogP contribution in [-0.4, -0.2) is 24.7 Å². The Morgan fingerprint density at radius 1 is 1.37 bits per heavy atom. The molecule has 0 atom stereocenters. The molecular weight excluding hydrogens is 287 g/mol. The van der Waals surface area contributed by atoms with Crippen molar-refractivity contribution in [3.8, 4) is 0 Å². The lowest BCUT2D eigenvalue weighted by Crippen LogP contribution is -2.56. The molecule has 1 fully saturated rings. The van der Waals surface area contributed by atoms with Crippen molar-refractivity contribution in [1.82, 2.24) is 5.32 Å². The second-order valence-corrected chi connectivity index (χ2v) is 4.95. The van der Waals surface area contributed by atoms with E-state index in [0.717, 1.165) is 5.56 Å². The highest BCUT2D eigenvalue weighted by molar-refractivity contribution is 6.31. The van der Waals surface area contributed by atoms with Crippen molar-refractivity contribution >= 4 is 29.9 Å². The van der Waals surface area contributed by atoms with Gasteiger partial charge in [0.25, 0.3) is 0 Å². The molecule has 1 saturated heterocycles. The van der Waals surface area contributed by atoms with Crippen molar-refractivity contribution in [2.75, 3.05) is 13.2 Å². The minimum atomic E-state index is -0.806. The summed E-state index contributed by atoms with van der Waals surface area (Å²) in [5.41, 5.74) is 6.17. The number of carbonyl (C=O) groups is 1. The first-order chi connectivity index (χ1) is 8.62. The molecule has 1 aliphatic rings. The third-order valence-corrected chi connectivity index (χ3v) is 3.60. The van der Waals surface area contributed by atoms with Crippen LogP contribution in [0, 0.1) is 0 Å². The summed E-state index contributed by atoms with van der Waals surface area (Å²) < 4.78 is 5.22. The highest BCUT2D eigenvalue weighted by atomic mass is 35.5. The summed E-state index contributed by atoms with van der Waals surface area (Å²) in [6.07, 6.45) is 1.11. The van der Waals surface area contributed by atoms with E-state index in [2.05, 4.69) is 5.32 Å². The molecule has 19 heavy (non-hydrogen) atoms. The van der Waals surface area contributed by atoms with Crippen LogP contribution < -0.4 is 11.1 Å². The Labute approximate surface area is 124 Å². The van der Waals surface area contributed by atoms with E-state index < -0.39 is 5.54 Å². The molecule has 1 aliphatic heterocycles. The maximum atomic E-state index is 12.1. The number of carbonyl (C=O) groups excluding carboxylic acids is 1. The van der Waals surface area contributed by atoms with Gasteiger partial charge < -0.3 is 15.8 Å². The van der Waals surface area contributed by atoms with Gasteiger partial charge in [-0.05, 0) is 24.5 Å². The lowest BCUT2D eigenvalue weighted by atomic mass is 9.90. The maximum Gasteiger partial charge on any atom is 0.240 e. The van der Waals surface area contributed by atoms with Crippen molar-refractivity contribution in [3.05, 3.63) is 34.9 Å². The molecule has 3 N–H and O–H groups in total. The van der Waals surface area contributed by atoms with E-state index in [4.69, 9.17) is 22.1 Å². The molecule has 0 unspecified atom stereocenters. The number of benzene rings is 1. The largest absolute Gasteiger partial charge is 0.381 e. The first-order valence-corrected chi connectivity index (χ1v) is 6.38. The van der Waals surface area contributed by atoms with Gasteiger partial charge in [0.2, 0.25) is 5.91 Å². The smallest absolute Gasteiger partial charge is 0.240 e. The highest BCUT2D eigenvalue weighted by Crippen LogP contribution is 2.19. The summed E-state index contributed by atoms with van der Waals surface area (Å²) in [5.74, 6) is -0.134. The van der Waals surface area contributed by atoms with Crippen molar-refractivity contribution < 1.29 is 9.53 Å². The standard InChI is InChI=1S/C13H17ClN2O2.ClH/c14-11-4-2-1-3-10(11)9-16-12(17)13(15)5-7-18-8-6-13;/h1-4H,5-9,15H2,(H,16,17);1H. The molecule has 1 heterocycles.